The average molecular weight is 306 g/mol. The summed E-state index contributed by atoms with van der Waals surface area (Å²) in [7, 11) is 0. The van der Waals surface area contributed by atoms with Gasteiger partial charge < -0.3 is 8.94 Å². The monoisotopic (exact) mass is 304 g/mol. The molecule has 2 aromatic rings. The lowest BCUT2D eigenvalue weighted by molar-refractivity contribution is 0.405. The number of rotatable bonds is 4. The van der Waals surface area contributed by atoms with Crippen LogP contribution in [0.15, 0.2) is 25.7 Å². The molecule has 0 saturated carbocycles. The second kappa shape index (κ2) is 5.01. The van der Waals surface area contributed by atoms with E-state index in [0.717, 1.165) is 12.8 Å². The molecule has 0 saturated heterocycles. The zero-order valence-electron chi connectivity index (χ0n) is 8.61. The molecule has 16 heavy (non-hydrogen) atoms. The van der Waals surface area contributed by atoms with Crippen molar-refractivity contribution in [2.24, 2.45) is 0 Å². The molecule has 0 aromatic carbocycles. The molecule has 0 aliphatic rings. The van der Waals surface area contributed by atoms with Crippen LogP contribution in [0, 0.1) is 0 Å². The van der Waals surface area contributed by atoms with Gasteiger partial charge in [0.1, 0.15) is 0 Å². The van der Waals surface area contributed by atoms with Gasteiger partial charge in [-0.3, -0.25) is 0 Å². The highest BCUT2D eigenvalue weighted by Crippen LogP contribution is 2.27. The first kappa shape index (κ1) is 11.7. The van der Waals surface area contributed by atoms with Crippen molar-refractivity contribution in [1.82, 2.24) is 10.1 Å². The van der Waals surface area contributed by atoms with E-state index < -0.39 is 0 Å². The van der Waals surface area contributed by atoms with Gasteiger partial charge >= 0.3 is 0 Å². The fourth-order valence-corrected chi connectivity index (χ4v) is 1.89. The van der Waals surface area contributed by atoms with Crippen LogP contribution < -0.4 is 0 Å². The number of aromatic nitrogens is 2. The molecule has 0 fully saturated rings. The van der Waals surface area contributed by atoms with Crippen LogP contribution in [0.2, 0.25) is 0 Å². The maximum Gasteiger partial charge on any atom is 0.293 e. The normalized spacial score (nSPS) is 12.9. The smallest absolute Gasteiger partial charge is 0.293 e. The Kier molecular flexibility index (Phi) is 3.66. The highest BCUT2D eigenvalue weighted by Gasteiger charge is 2.17. The Morgan fingerprint density at radius 1 is 1.50 bits per heavy atom. The summed E-state index contributed by atoms with van der Waals surface area (Å²) in [4.78, 5) is 4.19. The van der Waals surface area contributed by atoms with Gasteiger partial charge in [0.2, 0.25) is 0 Å². The van der Waals surface area contributed by atoms with Crippen molar-refractivity contribution in [1.29, 1.82) is 0 Å². The summed E-state index contributed by atoms with van der Waals surface area (Å²) >= 11 is 9.29. The maximum absolute atomic E-state index is 6.09. The maximum atomic E-state index is 6.09. The number of nitrogens with zero attached hydrogens (tertiary/aromatic N) is 2. The van der Waals surface area contributed by atoms with E-state index in [1.54, 1.807) is 12.1 Å². The van der Waals surface area contributed by atoms with Crippen molar-refractivity contribution < 1.29 is 8.94 Å². The Morgan fingerprint density at radius 2 is 2.31 bits per heavy atom. The molecule has 0 aliphatic carbocycles. The van der Waals surface area contributed by atoms with E-state index in [-0.39, 0.29) is 5.38 Å². The van der Waals surface area contributed by atoms with Crippen molar-refractivity contribution in [3.63, 3.8) is 0 Å². The van der Waals surface area contributed by atoms with Crippen molar-refractivity contribution in [3.8, 4) is 11.7 Å². The van der Waals surface area contributed by atoms with Gasteiger partial charge in [-0.15, -0.1) is 11.6 Å². The van der Waals surface area contributed by atoms with Gasteiger partial charge in [-0.25, -0.2) is 0 Å². The molecule has 0 bridgehead atoms. The van der Waals surface area contributed by atoms with E-state index in [2.05, 4.69) is 33.0 Å². The molecule has 2 heterocycles. The first-order chi connectivity index (χ1) is 7.70. The molecule has 0 amide bonds. The molecule has 6 heteroatoms. The first-order valence-electron chi connectivity index (χ1n) is 4.94. The molecular weight excluding hydrogens is 295 g/mol. The summed E-state index contributed by atoms with van der Waals surface area (Å²) in [5.74, 6) is 1.39. The lowest BCUT2D eigenvalue weighted by atomic mass is 10.2. The van der Waals surface area contributed by atoms with Crippen LogP contribution in [0.5, 0.6) is 0 Å². The van der Waals surface area contributed by atoms with Crippen LogP contribution in [-0.2, 0) is 0 Å². The number of hydrogen-bond donors (Lipinski definition) is 0. The van der Waals surface area contributed by atoms with Crippen LogP contribution >= 0.6 is 27.5 Å². The molecule has 2 rings (SSSR count). The molecule has 4 nitrogen and oxygen atoms in total. The summed E-state index contributed by atoms with van der Waals surface area (Å²) < 4.78 is 11.0. The summed E-state index contributed by atoms with van der Waals surface area (Å²) in [5, 5.41) is 3.62. The molecule has 0 aliphatic heterocycles. The van der Waals surface area contributed by atoms with E-state index in [1.807, 2.05) is 0 Å². The molecule has 1 atom stereocenters. The van der Waals surface area contributed by atoms with Crippen molar-refractivity contribution in [2.45, 2.75) is 25.1 Å². The van der Waals surface area contributed by atoms with Gasteiger partial charge in [-0.05, 0) is 34.5 Å². The Bertz CT molecular complexity index is 469. The van der Waals surface area contributed by atoms with Crippen molar-refractivity contribution in [2.75, 3.05) is 0 Å². The minimum absolute atomic E-state index is 0.207. The lowest BCUT2D eigenvalue weighted by Crippen LogP contribution is -1.92. The molecule has 0 N–H and O–H groups in total. The standard InChI is InChI=1S/C10H10BrClN2O2/c1-2-3-6(12)9-13-10(16-14-9)7-4-5-8(11)15-7/h4-6H,2-3H2,1H3. The topological polar surface area (TPSA) is 52.1 Å². The summed E-state index contributed by atoms with van der Waals surface area (Å²) in [6.45, 7) is 2.06. The first-order valence-corrected chi connectivity index (χ1v) is 6.17. The number of furan rings is 1. The molecule has 0 spiro atoms. The van der Waals surface area contributed by atoms with Crippen molar-refractivity contribution >= 4 is 27.5 Å². The van der Waals surface area contributed by atoms with E-state index >= 15 is 0 Å². The Morgan fingerprint density at radius 3 is 2.94 bits per heavy atom. The average Bonchev–Trinajstić information content (AvgIpc) is 2.85. The summed E-state index contributed by atoms with van der Waals surface area (Å²) in [6.07, 6.45) is 1.80. The van der Waals surface area contributed by atoms with Crippen LogP contribution in [-0.4, -0.2) is 10.1 Å². The fraction of sp³-hybridized carbons (Fsp3) is 0.400. The predicted octanol–water partition coefficient (Wildman–Crippen LogP) is 4.17. The number of alkyl halides is 1. The third-order valence-corrected chi connectivity index (χ3v) is 2.89. The van der Waals surface area contributed by atoms with E-state index in [4.69, 9.17) is 20.5 Å². The van der Waals surface area contributed by atoms with Crippen LogP contribution in [0.1, 0.15) is 31.0 Å². The zero-order chi connectivity index (χ0) is 11.5. The van der Waals surface area contributed by atoms with Gasteiger partial charge in [-0.1, -0.05) is 18.5 Å². The van der Waals surface area contributed by atoms with Gasteiger partial charge in [0.15, 0.2) is 16.3 Å². The molecular formula is C10H10BrClN2O2. The lowest BCUT2D eigenvalue weighted by Gasteiger charge is -1.99. The third kappa shape index (κ3) is 2.47. The van der Waals surface area contributed by atoms with Crippen molar-refractivity contribution in [3.05, 3.63) is 22.6 Å². The second-order valence-corrected chi connectivity index (χ2v) is 4.63. The SMILES string of the molecule is CCCC(Cl)c1noc(-c2ccc(Br)o2)n1. The Labute approximate surface area is 106 Å². The quantitative estimate of drug-likeness (QED) is 0.795. The van der Waals surface area contributed by atoms with Gasteiger partial charge in [-0.2, -0.15) is 4.98 Å². The van der Waals surface area contributed by atoms with Crippen LogP contribution in [0.4, 0.5) is 0 Å². The molecule has 2 aromatic heterocycles. The van der Waals surface area contributed by atoms with Gasteiger partial charge in [0.25, 0.3) is 5.89 Å². The fourth-order valence-electron chi connectivity index (χ4n) is 1.27. The largest absolute Gasteiger partial charge is 0.444 e. The second-order valence-electron chi connectivity index (χ2n) is 3.32. The number of halogens is 2. The molecule has 1 unspecified atom stereocenters. The minimum Gasteiger partial charge on any atom is -0.444 e. The van der Waals surface area contributed by atoms with Gasteiger partial charge in [0.05, 0.1) is 5.38 Å². The number of hydrogen-bond acceptors (Lipinski definition) is 4. The Hall–Kier alpha value is -0.810. The summed E-state index contributed by atoms with van der Waals surface area (Å²) in [5.41, 5.74) is 0. The minimum atomic E-state index is -0.207. The van der Waals surface area contributed by atoms with E-state index in [1.165, 1.54) is 0 Å². The zero-order valence-corrected chi connectivity index (χ0v) is 11.0. The van der Waals surface area contributed by atoms with Crippen LogP contribution in [0.3, 0.4) is 0 Å². The van der Waals surface area contributed by atoms with Gasteiger partial charge in [0, 0.05) is 0 Å². The highest BCUT2D eigenvalue weighted by molar-refractivity contribution is 9.10. The Balaban J connectivity index is 2.19. The third-order valence-electron chi connectivity index (χ3n) is 2.05. The molecule has 0 radical (unpaired) electrons. The highest BCUT2D eigenvalue weighted by atomic mass is 79.9. The van der Waals surface area contributed by atoms with E-state index in [0.29, 0.717) is 22.1 Å². The predicted molar refractivity (Wildman–Crippen MR) is 63.2 cm³/mol. The summed E-state index contributed by atoms with van der Waals surface area (Å²) in [6, 6.07) is 3.52. The van der Waals surface area contributed by atoms with E-state index in [9.17, 15) is 0 Å². The van der Waals surface area contributed by atoms with Crippen LogP contribution in [0.25, 0.3) is 11.7 Å². The molecule has 86 valence electrons.